The summed E-state index contributed by atoms with van der Waals surface area (Å²) >= 11 is 0. The van der Waals surface area contributed by atoms with E-state index in [-0.39, 0.29) is 12.6 Å². The smallest absolute Gasteiger partial charge is 0.306 e. The van der Waals surface area contributed by atoms with Gasteiger partial charge in [0.2, 0.25) is 0 Å². The summed E-state index contributed by atoms with van der Waals surface area (Å²) in [4.78, 5) is 12.3. The van der Waals surface area contributed by atoms with E-state index in [2.05, 4.69) is 50.3 Å². The zero-order chi connectivity index (χ0) is 41.9. The highest BCUT2D eigenvalue weighted by atomic mass is 16.6. The highest BCUT2D eigenvalue weighted by Gasteiger charge is 2.13. The molecule has 1 N–H and O–H groups in total. The average molecular weight is 815 g/mol. The lowest BCUT2D eigenvalue weighted by molar-refractivity contribution is -0.154. The minimum Gasteiger partial charge on any atom is -0.457 e. The second-order valence-corrected chi connectivity index (χ2v) is 17.6. The lowest BCUT2D eigenvalue weighted by atomic mass is 10.0. The van der Waals surface area contributed by atoms with E-state index in [1.807, 2.05) is 0 Å². The summed E-state index contributed by atoms with van der Waals surface area (Å²) < 4.78 is 11.2. The van der Waals surface area contributed by atoms with E-state index in [0.717, 1.165) is 32.1 Å². The van der Waals surface area contributed by atoms with Crippen molar-refractivity contribution in [1.82, 2.24) is 0 Å². The van der Waals surface area contributed by atoms with Gasteiger partial charge in [0.05, 0.1) is 13.2 Å². The van der Waals surface area contributed by atoms with Crippen LogP contribution in [0.4, 0.5) is 0 Å². The van der Waals surface area contributed by atoms with Gasteiger partial charge in [0.1, 0.15) is 6.10 Å². The molecule has 0 aromatic rings. The molecule has 0 fully saturated rings. The van der Waals surface area contributed by atoms with Crippen molar-refractivity contribution in [1.29, 1.82) is 0 Å². The van der Waals surface area contributed by atoms with Crippen LogP contribution in [0.2, 0.25) is 0 Å². The minimum atomic E-state index is -0.536. The van der Waals surface area contributed by atoms with E-state index in [1.165, 1.54) is 225 Å². The first-order valence-corrected chi connectivity index (χ1v) is 26.1. The molecule has 342 valence electrons. The van der Waals surface area contributed by atoms with Gasteiger partial charge in [-0.05, 0) is 51.4 Å². The number of allylic oxidation sites excluding steroid dienone is 6. The van der Waals surface area contributed by atoms with Gasteiger partial charge in [-0.3, -0.25) is 4.79 Å². The number of carbonyl (C=O) groups excluding carboxylic acids is 1. The van der Waals surface area contributed by atoms with Crippen molar-refractivity contribution in [2.75, 3.05) is 19.8 Å². The van der Waals surface area contributed by atoms with Gasteiger partial charge in [-0.25, -0.2) is 0 Å². The Labute approximate surface area is 363 Å². The number of hydrogen-bond acceptors (Lipinski definition) is 4. The average Bonchev–Trinajstić information content (AvgIpc) is 3.23. The van der Waals surface area contributed by atoms with Crippen molar-refractivity contribution >= 4 is 5.97 Å². The molecule has 0 heterocycles. The van der Waals surface area contributed by atoms with Gasteiger partial charge in [-0.1, -0.05) is 256 Å². The van der Waals surface area contributed by atoms with Crippen LogP contribution in [0.1, 0.15) is 277 Å². The Hall–Kier alpha value is -1.39. The fourth-order valence-corrected chi connectivity index (χ4v) is 7.81. The van der Waals surface area contributed by atoms with Crippen molar-refractivity contribution in [3.8, 4) is 0 Å². The molecular formula is C54H102O4. The Balaban J connectivity index is 3.39. The van der Waals surface area contributed by atoms with E-state index in [0.29, 0.717) is 19.6 Å². The fraction of sp³-hybridized carbons (Fsp3) is 0.870. The van der Waals surface area contributed by atoms with Crippen LogP contribution in [0.15, 0.2) is 36.5 Å². The van der Waals surface area contributed by atoms with Crippen molar-refractivity contribution in [3.63, 3.8) is 0 Å². The van der Waals surface area contributed by atoms with Gasteiger partial charge in [0.15, 0.2) is 0 Å². The van der Waals surface area contributed by atoms with Crippen LogP contribution in [-0.2, 0) is 14.3 Å². The van der Waals surface area contributed by atoms with E-state index >= 15 is 0 Å². The van der Waals surface area contributed by atoms with Crippen LogP contribution >= 0.6 is 0 Å². The van der Waals surface area contributed by atoms with Gasteiger partial charge in [-0.15, -0.1) is 0 Å². The Morgan fingerprint density at radius 1 is 0.414 bits per heavy atom. The number of aliphatic hydroxyl groups excluding tert-OH is 1. The first kappa shape index (κ1) is 56.6. The minimum absolute atomic E-state index is 0.170. The fourth-order valence-electron chi connectivity index (χ4n) is 7.81. The van der Waals surface area contributed by atoms with Crippen LogP contribution in [-0.4, -0.2) is 37.0 Å². The van der Waals surface area contributed by atoms with Gasteiger partial charge in [0.25, 0.3) is 0 Å². The monoisotopic (exact) mass is 815 g/mol. The molecule has 0 radical (unpaired) electrons. The number of unbranched alkanes of at least 4 members (excludes halogenated alkanes) is 35. The summed E-state index contributed by atoms with van der Waals surface area (Å²) in [5, 5.41) is 9.65. The summed E-state index contributed by atoms with van der Waals surface area (Å²) in [6.07, 6.45) is 66.7. The van der Waals surface area contributed by atoms with Crippen molar-refractivity contribution < 1.29 is 19.4 Å². The van der Waals surface area contributed by atoms with Crippen molar-refractivity contribution in [2.24, 2.45) is 0 Å². The summed E-state index contributed by atoms with van der Waals surface area (Å²) in [5.41, 5.74) is 0. The van der Waals surface area contributed by atoms with Crippen LogP contribution in [0.25, 0.3) is 0 Å². The zero-order valence-corrected chi connectivity index (χ0v) is 39.3. The lowest BCUT2D eigenvalue weighted by Crippen LogP contribution is -2.27. The Morgan fingerprint density at radius 3 is 1.09 bits per heavy atom. The maximum Gasteiger partial charge on any atom is 0.306 e. The van der Waals surface area contributed by atoms with Crippen LogP contribution in [0.5, 0.6) is 0 Å². The summed E-state index contributed by atoms with van der Waals surface area (Å²) in [6.45, 7) is 5.37. The lowest BCUT2D eigenvalue weighted by Gasteiger charge is -2.16. The maximum absolute atomic E-state index is 12.3. The second-order valence-electron chi connectivity index (χ2n) is 17.6. The number of ether oxygens (including phenoxy) is 2. The molecule has 4 nitrogen and oxygen atoms in total. The molecule has 1 atom stereocenters. The molecular weight excluding hydrogens is 713 g/mol. The molecule has 58 heavy (non-hydrogen) atoms. The van der Waals surface area contributed by atoms with Gasteiger partial charge >= 0.3 is 5.97 Å². The third-order valence-corrected chi connectivity index (χ3v) is 11.7. The quantitative estimate of drug-likeness (QED) is 0.0378. The van der Waals surface area contributed by atoms with Crippen LogP contribution < -0.4 is 0 Å². The summed E-state index contributed by atoms with van der Waals surface area (Å²) in [6, 6.07) is 0. The van der Waals surface area contributed by atoms with E-state index < -0.39 is 6.10 Å². The normalized spacial score (nSPS) is 12.5. The molecule has 0 aliphatic heterocycles. The molecule has 0 aromatic heterocycles. The predicted octanol–water partition coefficient (Wildman–Crippen LogP) is 17.6. The van der Waals surface area contributed by atoms with Crippen LogP contribution in [0, 0.1) is 0 Å². The first-order chi connectivity index (χ1) is 28.7. The number of esters is 1. The van der Waals surface area contributed by atoms with E-state index in [9.17, 15) is 9.90 Å². The highest BCUT2D eigenvalue weighted by molar-refractivity contribution is 5.69. The predicted molar refractivity (Wildman–Crippen MR) is 256 cm³/mol. The maximum atomic E-state index is 12.3. The Morgan fingerprint density at radius 2 is 0.724 bits per heavy atom. The first-order valence-electron chi connectivity index (χ1n) is 26.1. The molecule has 0 aliphatic carbocycles. The third-order valence-electron chi connectivity index (χ3n) is 11.7. The molecule has 0 spiro atoms. The standard InChI is InChI=1S/C54H102O4/c1-3-5-7-9-11-13-15-17-19-21-23-25-27-28-30-32-34-36-38-40-42-44-46-48-50-57-52-53(51-55)58-54(56)49-47-45-43-41-39-37-35-33-31-29-26-24-22-20-18-16-14-12-10-8-6-4-2/h15,17,21,23,27-28,53,55H,3-14,16,18-20,22,24-26,29-52H2,1-2H3/b17-15-,23-21-,28-27-. The zero-order valence-electron chi connectivity index (χ0n) is 39.3. The van der Waals surface area contributed by atoms with Crippen molar-refractivity contribution in [2.45, 2.75) is 283 Å². The molecule has 0 saturated heterocycles. The van der Waals surface area contributed by atoms with Gasteiger partial charge in [0, 0.05) is 13.0 Å². The molecule has 1 unspecified atom stereocenters. The van der Waals surface area contributed by atoms with Crippen molar-refractivity contribution in [3.05, 3.63) is 36.5 Å². The summed E-state index contributed by atoms with van der Waals surface area (Å²) in [7, 11) is 0. The van der Waals surface area contributed by atoms with E-state index in [1.54, 1.807) is 0 Å². The SMILES string of the molecule is CCCCCCC/C=C\C/C=C\C/C=C\CCCCCCCCCCCOCC(CO)OC(=O)CCCCCCCCCCCCCCCCCCCCCCCC. The molecule has 0 amide bonds. The number of hydrogen-bond donors (Lipinski definition) is 1. The number of rotatable bonds is 49. The Kier molecular flexibility index (Phi) is 50.5. The topological polar surface area (TPSA) is 55.8 Å². The third kappa shape index (κ3) is 49.0. The van der Waals surface area contributed by atoms with E-state index in [4.69, 9.17) is 9.47 Å². The molecule has 0 aliphatic rings. The number of aliphatic hydroxyl groups is 1. The molecule has 0 saturated carbocycles. The molecule has 0 bridgehead atoms. The molecule has 4 heteroatoms. The van der Waals surface area contributed by atoms with Gasteiger partial charge < -0.3 is 14.6 Å². The largest absolute Gasteiger partial charge is 0.457 e. The summed E-state index contributed by atoms with van der Waals surface area (Å²) in [5.74, 6) is -0.197. The second kappa shape index (κ2) is 51.8. The van der Waals surface area contributed by atoms with Crippen LogP contribution in [0.3, 0.4) is 0 Å². The van der Waals surface area contributed by atoms with Gasteiger partial charge in [-0.2, -0.15) is 0 Å². The molecule has 0 aromatic carbocycles. The Bertz CT molecular complexity index is 863. The molecule has 0 rings (SSSR count). The highest BCUT2D eigenvalue weighted by Crippen LogP contribution is 2.16. The number of carbonyl (C=O) groups is 1.